The number of carboxylic acids is 1. The Labute approximate surface area is 135 Å². The van der Waals surface area contributed by atoms with E-state index in [0.717, 1.165) is 0 Å². The molecule has 0 aliphatic heterocycles. The van der Waals surface area contributed by atoms with E-state index < -0.39 is 22.0 Å². The maximum atomic E-state index is 12.2. The predicted octanol–water partition coefficient (Wildman–Crippen LogP) is 3.29. The van der Waals surface area contributed by atoms with Crippen molar-refractivity contribution in [1.82, 2.24) is 4.72 Å². The maximum Gasteiger partial charge on any atom is 0.304 e. The molecule has 0 aromatic heterocycles. The number of halogens is 3. The van der Waals surface area contributed by atoms with E-state index in [0.29, 0.717) is 10.9 Å². The highest BCUT2D eigenvalue weighted by atomic mass is 79.9. The molecule has 0 saturated heterocycles. The average molecular weight is 405 g/mol. The zero-order chi connectivity index (χ0) is 15.5. The molecule has 9 heteroatoms. The third-order valence-electron chi connectivity index (χ3n) is 2.47. The molecule has 0 radical (unpaired) electrons. The summed E-state index contributed by atoms with van der Waals surface area (Å²) < 4.78 is 27.3. The van der Waals surface area contributed by atoms with E-state index in [1.165, 1.54) is 12.1 Å². The first-order valence-corrected chi connectivity index (χ1v) is 8.59. The summed E-state index contributed by atoms with van der Waals surface area (Å²) in [5.41, 5.74) is 0. The normalized spacial score (nSPS) is 13.2. The van der Waals surface area contributed by atoms with E-state index in [9.17, 15) is 13.2 Å². The summed E-state index contributed by atoms with van der Waals surface area (Å²) in [6, 6.07) is 2.08. The van der Waals surface area contributed by atoms with Crippen LogP contribution in [0, 0.1) is 0 Å². The molecule has 112 valence electrons. The first kappa shape index (κ1) is 17.7. The molecule has 0 aliphatic carbocycles. The SMILES string of the molecule is CCC(CC(=O)O)NS(=O)(=O)c1c(Cl)cc(Br)cc1Cl. The monoisotopic (exact) mass is 403 g/mol. The molecule has 0 fully saturated rings. The molecule has 0 amide bonds. The van der Waals surface area contributed by atoms with Gasteiger partial charge in [0.15, 0.2) is 0 Å². The highest BCUT2D eigenvalue weighted by molar-refractivity contribution is 9.10. The quantitative estimate of drug-likeness (QED) is 0.761. The van der Waals surface area contributed by atoms with Crippen LogP contribution in [-0.4, -0.2) is 25.5 Å². The Bertz CT molecular complexity index is 598. The Hall–Kier alpha value is -0.340. The smallest absolute Gasteiger partial charge is 0.304 e. The molecule has 1 unspecified atom stereocenters. The summed E-state index contributed by atoms with van der Waals surface area (Å²) in [4.78, 5) is 10.4. The fraction of sp³-hybridized carbons (Fsp3) is 0.364. The minimum atomic E-state index is -3.99. The number of benzene rings is 1. The fourth-order valence-corrected chi connectivity index (χ4v) is 4.80. The van der Waals surface area contributed by atoms with Crippen molar-refractivity contribution in [2.75, 3.05) is 0 Å². The van der Waals surface area contributed by atoms with Crippen molar-refractivity contribution in [3.63, 3.8) is 0 Å². The highest BCUT2D eigenvalue weighted by Gasteiger charge is 2.26. The molecular formula is C11H12BrCl2NO4S. The zero-order valence-electron chi connectivity index (χ0n) is 10.4. The van der Waals surface area contributed by atoms with Gasteiger partial charge in [0, 0.05) is 10.5 Å². The second-order valence-corrected chi connectivity index (χ2v) is 7.40. The van der Waals surface area contributed by atoms with Crippen LogP contribution in [0.5, 0.6) is 0 Å². The molecule has 5 nitrogen and oxygen atoms in total. The van der Waals surface area contributed by atoms with Crippen molar-refractivity contribution in [3.05, 3.63) is 26.7 Å². The van der Waals surface area contributed by atoms with Crippen molar-refractivity contribution in [2.24, 2.45) is 0 Å². The summed E-state index contributed by atoms with van der Waals surface area (Å²) >= 11 is 15.0. The number of rotatable bonds is 6. The summed E-state index contributed by atoms with van der Waals surface area (Å²) in [5, 5.41) is 8.66. The first-order valence-electron chi connectivity index (χ1n) is 5.56. The zero-order valence-corrected chi connectivity index (χ0v) is 14.3. The van der Waals surface area contributed by atoms with Gasteiger partial charge in [0.2, 0.25) is 10.0 Å². The topological polar surface area (TPSA) is 83.5 Å². The molecule has 0 saturated carbocycles. The summed E-state index contributed by atoms with van der Waals surface area (Å²) in [7, 11) is -3.99. The summed E-state index contributed by atoms with van der Waals surface area (Å²) in [6.45, 7) is 1.68. The van der Waals surface area contributed by atoms with Gasteiger partial charge in [0.25, 0.3) is 0 Å². The van der Waals surface area contributed by atoms with Gasteiger partial charge in [0.1, 0.15) is 4.90 Å². The van der Waals surface area contributed by atoms with E-state index in [1.807, 2.05) is 0 Å². The van der Waals surface area contributed by atoms with Crippen LogP contribution in [0.1, 0.15) is 19.8 Å². The lowest BCUT2D eigenvalue weighted by atomic mass is 10.2. The molecule has 20 heavy (non-hydrogen) atoms. The van der Waals surface area contributed by atoms with Gasteiger partial charge >= 0.3 is 5.97 Å². The van der Waals surface area contributed by atoms with Crippen LogP contribution in [0.2, 0.25) is 10.0 Å². The third-order valence-corrected chi connectivity index (χ3v) is 5.37. The van der Waals surface area contributed by atoms with Crippen LogP contribution in [-0.2, 0) is 14.8 Å². The van der Waals surface area contributed by atoms with E-state index in [4.69, 9.17) is 28.3 Å². The molecule has 0 heterocycles. The Kier molecular flexibility index (Phi) is 6.27. The molecule has 1 aromatic rings. The molecule has 0 aliphatic rings. The van der Waals surface area contributed by atoms with Gasteiger partial charge in [-0.15, -0.1) is 0 Å². The molecule has 0 spiro atoms. The van der Waals surface area contributed by atoms with E-state index >= 15 is 0 Å². The molecule has 2 N–H and O–H groups in total. The van der Waals surface area contributed by atoms with Crippen molar-refractivity contribution in [3.8, 4) is 0 Å². The second-order valence-electron chi connectivity index (χ2n) is 4.02. The van der Waals surface area contributed by atoms with Gasteiger partial charge in [-0.1, -0.05) is 46.1 Å². The van der Waals surface area contributed by atoms with Gasteiger partial charge < -0.3 is 5.11 Å². The van der Waals surface area contributed by atoms with Crippen LogP contribution in [0.3, 0.4) is 0 Å². The van der Waals surface area contributed by atoms with Gasteiger partial charge in [-0.2, -0.15) is 0 Å². The highest BCUT2D eigenvalue weighted by Crippen LogP contribution is 2.32. The number of carboxylic acid groups (broad SMARTS) is 1. The fourth-order valence-electron chi connectivity index (χ4n) is 1.54. The molecule has 1 atom stereocenters. The number of hydrogen-bond acceptors (Lipinski definition) is 3. The number of hydrogen-bond donors (Lipinski definition) is 2. The van der Waals surface area contributed by atoms with Crippen molar-refractivity contribution in [1.29, 1.82) is 0 Å². The molecule has 1 aromatic carbocycles. The second kappa shape index (κ2) is 7.09. The maximum absolute atomic E-state index is 12.2. The van der Waals surface area contributed by atoms with Crippen LogP contribution in [0.15, 0.2) is 21.5 Å². The minimum Gasteiger partial charge on any atom is -0.481 e. The Balaban J connectivity index is 3.14. The van der Waals surface area contributed by atoms with Crippen LogP contribution >= 0.6 is 39.1 Å². The Morgan fingerprint density at radius 1 is 1.40 bits per heavy atom. The lowest BCUT2D eigenvalue weighted by molar-refractivity contribution is -0.137. The average Bonchev–Trinajstić information content (AvgIpc) is 2.24. The number of nitrogens with one attached hydrogen (secondary N) is 1. The third kappa shape index (κ3) is 4.60. The van der Waals surface area contributed by atoms with Crippen molar-refractivity contribution < 1.29 is 18.3 Å². The van der Waals surface area contributed by atoms with Crippen molar-refractivity contribution >= 4 is 55.1 Å². The molecule has 0 bridgehead atoms. The van der Waals surface area contributed by atoms with E-state index in [1.54, 1.807) is 6.92 Å². The molecule has 1 rings (SSSR count). The van der Waals surface area contributed by atoms with Crippen LogP contribution in [0.25, 0.3) is 0 Å². The van der Waals surface area contributed by atoms with E-state index in [2.05, 4.69) is 20.7 Å². The molecular weight excluding hydrogens is 393 g/mol. The van der Waals surface area contributed by atoms with Gasteiger partial charge in [-0.05, 0) is 18.6 Å². The lowest BCUT2D eigenvalue weighted by Crippen LogP contribution is -2.36. The summed E-state index contributed by atoms with van der Waals surface area (Å²) in [6.07, 6.45) is 0.0127. The minimum absolute atomic E-state index is 0.0398. The van der Waals surface area contributed by atoms with Crippen molar-refractivity contribution in [2.45, 2.75) is 30.7 Å². The Morgan fingerprint density at radius 2 is 1.90 bits per heavy atom. The summed E-state index contributed by atoms with van der Waals surface area (Å²) in [5.74, 6) is -1.09. The predicted molar refractivity (Wildman–Crippen MR) is 80.8 cm³/mol. The van der Waals surface area contributed by atoms with Gasteiger partial charge in [-0.3, -0.25) is 4.79 Å². The number of aliphatic carboxylic acids is 1. The van der Waals surface area contributed by atoms with Gasteiger partial charge in [-0.25, -0.2) is 13.1 Å². The van der Waals surface area contributed by atoms with Crippen LogP contribution < -0.4 is 4.72 Å². The number of sulfonamides is 1. The lowest BCUT2D eigenvalue weighted by Gasteiger charge is -2.16. The van der Waals surface area contributed by atoms with E-state index in [-0.39, 0.29) is 21.4 Å². The van der Waals surface area contributed by atoms with Gasteiger partial charge in [0.05, 0.1) is 16.5 Å². The van der Waals surface area contributed by atoms with Crippen LogP contribution in [0.4, 0.5) is 0 Å². The first-order chi connectivity index (χ1) is 9.17. The standard InChI is InChI=1S/C11H12BrCl2NO4S/c1-2-7(5-10(16)17)15-20(18,19)11-8(13)3-6(12)4-9(11)14/h3-4,7,15H,2,5H2,1H3,(H,16,17). The number of carbonyl (C=O) groups is 1. The Morgan fingerprint density at radius 3 is 2.30 bits per heavy atom. The largest absolute Gasteiger partial charge is 0.481 e.